The second kappa shape index (κ2) is 6.48. The summed E-state index contributed by atoms with van der Waals surface area (Å²) in [6, 6.07) is 5.88. The van der Waals surface area contributed by atoms with Gasteiger partial charge < -0.3 is 24.1 Å². The zero-order chi connectivity index (χ0) is 19.9. The number of methoxy groups -OCH3 is 1. The molecule has 1 aliphatic rings. The minimum absolute atomic E-state index is 0.0521. The van der Waals surface area contributed by atoms with E-state index in [2.05, 4.69) is 24.8 Å². The highest BCUT2D eigenvalue weighted by Crippen LogP contribution is 2.42. The van der Waals surface area contributed by atoms with Crippen LogP contribution >= 0.6 is 0 Å². The van der Waals surface area contributed by atoms with Crippen molar-refractivity contribution in [3.05, 3.63) is 54.0 Å². The summed E-state index contributed by atoms with van der Waals surface area (Å²) in [7, 11) is 1.30. The van der Waals surface area contributed by atoms with E-state index in [0.29, 0.717) is 17.1 Å². The minimum atomic E-state index is -3.68. The number of aryl methyl sites for hydroxylation is 1. The Kier molecular flexibility index (Phi) is 4.10. The second-order valence-corrected chi connectivity index (χ2v) is 5.95. The Balaban J connectivity index is 1.60. The van der Waals surface area contributed by atoms with Crippen LogP contribution in [0.5, 0.6) is 11.5 Å². The number of benzene rings is 1. The third-order valence-corrected chi connectivity index (χ3v) is 3.96. The molecule has 0 radical (unpaired) electrons. The Labute approximate surface area is 157 Å². The molecule has 1 N–H and O–H groups in total. The van der Waals surface area contributed by atoms with E-state index < -0.39 is 12.3 Å². The molecule has 0 saturated heterocycles. The zero-order valence-electron chi connectivity index (χ0n) is 14.8. The molecule has 144 valence electrons. The van der Waals surface area contributed by atoms with Gasteiger partial charge in [0.1, 0.15) is 5.82 Å². The molecular weight excluding hydrogens is 374 g/mol. The van der Waals surface area contributed by atoms with Crippen LogP contribution in [0.15, 0.2) is 42.9 Å². The molecule has 0 spiro atoms. The average molecular weight is 388 g/mol. The third-order valence-electron chi connectivity index (χ3n) is 3.96. The summed E-state index contributed by atoms with van der Waals surface area (Å²) in [6.07, 6.45) is 1.19. The molecule has 0 bridgehead atoms. The number of hydrogen-bond acceptors (Lipinski definition) is 7. The van der Waals surface area contributed by atoms with Crippen LogP contribution in [0.4, 0.5) is 20.4 Å². The highest BCUT2D eigenvalue weighted by molar-refractivity contribution is 5.89. The zero-order valence-corrected chi connectivity index (χ0v) is 14.8. The Hall–Kier alpha value is -3.69. The van der Waals surface area contributed by atoms with E-state index in [1.54, 1.807) is 29.2 Å². The van der Waals surface area contributed by atoms with Crippen molar-refractivity contribution in [3.63, 3.8) is 0 Å². The standard InChI is InChI=1S/C18H14F2N4O4/c1-10-8-21-17(23-15(10)24-6-5-11(9-24)16(25)26-2)22-12-3-4-13-14(7-12)28-18(19,20)27-13/h3-9H,1-2H3,(H,21,22,23). The van der Waals surface area contributed by atoms with Gasteiger partial charge in [-0.15, -0.1) is 8.78 Å². The Morgan fingerprint density at radius 3 is 2.82 bits per heavy atom. The van der Waals surface area contributed by atoms with E-state index in [-0.39, 0.29) is 17.4 Å². The van der Waals surface area contributed by atoms with Crippen molar-refractivity contribution in [2.45, 2.75) is 13.2 Å². The van der Waals surface area contributed by atoms with Gasteiger partial charge in [-0.2, -0.15) is 4.98 Å². The normalized spacial score (nSPS) is 14.0. The molecule has 1 aromatic carbocycles. The number of ether oxygens (including phenoxy) is 3. The van der Waals surface area contributed by atoms with Gasteiger partial charge in [0.2, 0.25) is 5.95 Å². The lowest BCUT2D eigenvalue weighted by Gasteiger charge is -2.10. The summed E-state index contributed by atoms with van der Waals surface area (Å²) in [5.41, 5.74) is 1.59. The van der Waals surface area contributed by atoms with Crippen molar-refractivity contribution in [2.24, 2.45) is 0 Å². The molecular formula is C18H14F2N4O4. The monoisotopic (exact) mass is 388 g/mol. The van der Waals surface area contributed by atoms with Gasteiger partial charge in [-0.3, -0.25) is 0 Å². The highest BCUT2D eigenvalue weighted by Gasteiger charge is 2.43. The third kappa shape index (κ3) is 3.31. The number of carbonyl (C=O) groups is 1. The van der Waals surface area contributed by atoms with E-state index in [1.807, 2.05) is 6.92 Å². The number of anilines is 2. The maximum absolute atomic E-state index is 13.1. The van der Waals surface area contributed by atoms with Gasteiger partial charge in [-0.05, 0) is 25.1 Å². The second-order valence-electron chi connectivity index (χ2n) is 5.95. The summed E-state index contributed by atoms with van der Waals surface area (Å²) in [4.78, 5) is 20.3. The van der Waals surface area contributed by atoms with Crippen LogP contribution in [0.1, 0.15) is 15.9 Å². The fourth-order valence-electron chi connectivity index (χ4n) is 2.68. The number of rotatable bonds is 4. The maximum atomic E-state index is 13.1. The first-order valence-electron chi connectivity index (χ1n) is 8.12. The van der Waals surface area contributed by atoms with Crippen LogP contribution in [0, 0.1) is 6.92 Å². The average Bonchev–Trinajstić information content (AvgIpc) is 3.25. The van der Waals surface area contributed by atoms with E-state index in [1.165, 1.54) is 25.3 Å². The molecule has 3 aromatic rings. The molecule has 0 amide bonds. The lowest BCUT2D eigenvalue weighted by molar-refractivity contribution is -0.286. The van der Waals surface area contributed by atoms with Gasteiger partial charge in [0, 0.05) is 35.9 Å². The summed E-state index contributed by atoms with van der Waals surface area (Å²) in [5.74, 6) is 0.180. The van der Waals surface area contributed by atoms with Gasteiger partial charge in [0.15, 0.2) is 11.5 Å². The summed E-state index contributed by atoms with van der Waals surface area (Å²) in [6.45, 7) is 1.82. The van der Waals surface area contributed by atoms with Crippen LogP contribution in [0.3, 0.4) is 0 Å². The molecule has 28 heavy (non-hydrogen) atoms. The van der Waals surface area contributed by atoms with Gasteiger partial charge in [-0.1, -0.05) is 0 Å². The summed E-state index contributed by atoms with van der Waals surface area (Å²) >= 11 is 0. The molecule has 3 heterocycles. The van der Waals surface area contributed by atoms with E-state index in [9.17, 15) is 13.6 Å². The lowest BCUT2D eigenvalue weighted by Crippen LogP contribution is -2.25. The SMILES string of the molecule is COC(=O)c1ccn(-c2nc(Nc3ccc4c(c3)OC(F)(F)O4)ncc2C)c1. The van der Waals surface area contributed by atoms with Gasteiger partial charge in [-0.25, -0.2) is 9.78 Å². The number of hydrogen-bond donors (Lipinski definition) is 1. The lowest BCUT2D eigenvalue weighted by atomic mass is 10.3. The minimum Gasteiger partial charge on any atom is -0.465 e. The topological polar surface area (TPSA) is 87.5 Å². The van der Waals surface area contributed by atoms with Crippen molar-refractivity contribution >= 4 is 17.6 Å². The van der Waals surface area contributed by atoms with Crippen LogP contribution in [-0.4, -0.2) is 33.9 Å². The van der Waals surface area contributed by atoms with Gasteiger partial charge in [0.05, 0.1) is 12.7 Å². The molecule has 8 nitrogen and oxygen atoms in total. The van der Waals surface area contributed by atoms with Crippen molar-refractivity contribution in [1.82, 2.24) is 14.5 Å². The van der Waals surface area contributed by atoms with Crippen LogP contribution in [0.25, 0.3) is 5.82 Å². The van der Waals surface area contributed by atoms with Crippen molar-refractivity contribution in [3.8, 4) is 17.3 Å². The van der Waals surface area contributed by atoms with Crippen molar-refractivity contribution in [1.29, 1.82) is 0 Å². The first-order chi connectivity index (χ1) is 13.3. The maximum Gasteiger partial charge on any atom is 0.586 e. The van der Waals surface area contributed by atoms with E-state index >= 15 is 0 Å². The number of nitrogens with one attached hydrogen (secondary N) is 1. The van der Waals surface area contributed by atoms with Gasteiger partial charge >= 0.3 is 12.3 Å². The molecule has 0 unspecified atom stereocenters. The number of alkyl halides is 2. The van der Waals surface area contributed by atoms with E-state index in [0.717, 1.165) is 5.56 Å². The largest absolute Gasteiger partial charge is 0.586 e. The first kappa shape index (κ1) is 17.7. The first-order valence-corrected chi connectivity index (χ1v) is 8.12. The highest BCUT2D eigenvalue weighted by atomic mass is 19.3. The molecule has 2 aromatic heterocycles. The summed E-state index contributed by atoms with van der Waals surface area (Å²) < 4.78 is 41.4. The van der Waals surface area contributed by atoms with Crippen LogP contribution < -0.4 is 14.8 Å². The molecule has 0 aliphatic carbocycles. The van der Waals surface area contributed by atoms with Crippen LogP contribution in [0.2, 0.25) is 0 Å². The number of carbonyl (C=O) groups excluding carboxylic acids is 1. The summed E-state index contributed by atoms with van der Waals surface area (Å²) in [5, 5.41) is 2.93. The fraction of sp³-hybridized carbons (Fsp3) is 0.167. The van der Waals surface area contributed by atoms with Crippen molar-refractivity contribution in [2.75, 3.05) is 12.4 Å². The van der Waals surface area contributed by atoms with Gasteiger partial charge in [0.25, 0.3) is 0 Å². The Bertz CT molecular complexity index is 1070. The Morgan fingerprint density at radius 1 is 1.25 bits per heavy atom. The molecule has 0 saturated carbocycles. The predicted octanol–water partition coefficient (Wildman–Crippen LogP) is 3.43. The molecule has 10 heteroatoms. The molecule has 0 atom stereocenters. The quantitative estimate of drug-likeness (QED) is 0.685. The number of esters is 1. The molecule has 1 aliphatic heterocycles. The van der Waals surface area contributed by atoms with Crippen molar-refractivity contribution < 1.29 is 27.8 Å². The van der Waals surface area contributed by atoms with Crippen LogP contribution in [-0.2, 0) is 4.74 Å². The number of fused-ring (bicyclic) bond motifs is 1. The fourth-order valence-corrected chi connectivity index (χ4v) is 2.68. The number of nitrogens with zero attached hydrogens (tertiary/aromatic N) is 3. The smallest absolute Gasteiger partial charge is 0.465 e. The molecule has 0 fully saturated rings. The van der Waals surface area contributed by atoms with E-state index in [4.69, 9.17) is 4.74 Å². The predicted molar refractivity (Wildman–Crippen MR) is 93.4 cm³/mol. The Morgan fingerprint density at radius 2 is 2.04 bits per heavy atom. The molecule has 4 rings (SSSR count). The number of aromatic nitrogens is 3. The number of halogens is 2.